The van der Waals surface area contributed by atoms with E-state index in [0.29, 0.717) is 0 Å². The number of ether oxygens (including phenoxy) is 1. The molecule has 0 atom stereocenters. The Hall–Kier alpha value is -3.56. The number of carbonyl (C=O) groups excluding carboxylic acids is 1. The van der Waals surface area contributed by atoms with Crippen LogP contribution < -0.4 is 10.1 Å². The molecule has 9 nitrogen and oxygen atoms in total. The summed E-state index contributed by atoms with van der Waals surface area (Å²) in [6.07, 6.45) is 0. The maximum absolute atomic E-state index is 13.7. The van der Waals surface area contributed by atoms with Crippen molar-refractivity contribution < 1.29 is 23.8 Å². The predicted molar refractivity (Wildman–Crippen MR) is 80.7 cm³/mol. The lowest BCUT2D eigenvalue weighted by molar-refractivity contribution is -0.385. The van der Waals surface area contributed by atoms with Crippen molar-refractivity contribution in [2.45, 2.75) is 0 Å². The molecule has 2 rings (SSSR count). The summed E-state index contributed by atoms with van der Waals surface area (Å²) >= 11 is 0. The minimum Gasteiger partial charge on any atom is -0.490 e. The third kappa shape index (κ3) is 3.43. The number of non-ortho nitro benzene ring substituents is 1. The van der Waals surface area contributed by atoms with E-state index in [2.05, 4.69) is 5.32 Å². The van der Waals surface area contributed by atoms with Crippen molar-refractivity contribution in [2.75, 3.05) is 12.4 Å². The van der Waals surface area contributed by atoms with E-state index in [1.807, 2.05) is 0 Å². The number of rotatable bonds is 5. The first-order valence-corrected chi connectivity index (χ1v) is 6.41. The molecule has 0 aliphatic heterocycles. The molecule has 24 heavy (non-hydrogen) atoms. The Morgan fingerprint density at radius 2 is 1.83 bits per heavy atom. The Labute approximate surface area is 134 Å². The lowest BCUT2D eigenvalue weighted by atomic mass is 10.1. The normalized spacial score (nSPS) is 10.1. The summed E-state index contributed by atoms with van der Waals surface area (Å²) in [7, 11) is 1.24. The van der Waals surface area contributed by atoms with Gasteiger partial charge in [0.15, 0.2) is 5.75 Å². The van der Waals surface area contributed by atoms with Crippen molar-refractivity contribution in [1.82, 2.24) is 0 Å². The molecule has 0 saturated carbocycles. The highest BCUT2D eigenvalue weighted by atomic mass is 19.1. The lowest BCUT2D eigenvalue weighted by Crippen LogP contribution is -2.13. The van der Waals surface area contributed by atoms with Gasteiger partial charge in [-0.05, 0) is 18.2 Å². The number of amides is 1. The maximum atomic E-state index is 13.7. The largest absolute Gasteiger partial charge is 0.490 e. The summed E-state index contributed by atoms with van der Waals surface area (Å²) < 4.78 is 18.5. The Bertz CT molecular complexity index is 839. The number of carbonyl (C=O) groups is 1. The average Bonchev–Trinajstić information content (AvgIpc) is 2.55. The number of hydrogen-bond donors (Lipinski definition) is 1. The van der Waals surface area contributed by atoms with Gasteiger partial charge >= 0.3 is 5.69 Å². The number of nitro groups is 2. The zero-order valence-corrected chi connectivity index (χ0v) is 12.2. The summed E-state index contributed by atoms with van der Waals surface area (Å²) in [5.74, 6) is -1.78. The zero-order valence-electron chi connectivity index (χ0n) is 12.2. The molecule has 1 amide bonds. The molecule has 2 aromatic rings. The van der Waals surface area contributed by atoms with E-state index in [-0.39, 0.29) is 11.3 Å². The SMILES string of the molecule is COc1ccc(C(=O)Nc2cc([N+](=O)[O-])ccc2F)cc1[N+](=O)[O-]. The summed E-state index contributed by atoms with van der Waals surface area (Å²) in [6, 6.07) is 6.06. The van der Waals surface area contributed by atoms with E-state index < -0.39 is 38.6 Å². The van der Waals surface area contributed by atoms with E-state index in [4.69, 9.17) is 4.74 Å². The van der Waals surface area contributed by atoms with Gasteiger partial charge in [0.25, 0.3) is 11.6 Å². The molecule has 10 heteroatoms. The molecule has 1 N–H and O–H groups in total. The molecule has 0 spiro atoms. The number of anilines is 1. The molecule has 2 aromatic carbocycles. The van der Waals surface area contributed by atoms with Gasteiger partial charge in [0.2, 0.25) is 0 Å². The van der Waals surface area contributed by atoms with Gasteiger partial charge in [0.05, 0.1) is 22.6 Å². The fourth-order valence-corrected chi connectivity index (χ4v) is 1.89. The first kappa shape index (κ1) is 16.8. The minimum atomic E-state index is -0.878. The average molecular weight is 335 g/mol. The van der Waals surface area contributed by atoms with Crippen molar-refractivity contribution in [3.63, 3.8) is 0 Å². The van der Waals surface area contributed by atoms with Crippen LogP contribution >= 0.6 is 0 Å². The Kier molecular flexibility index (Phi) is 4.68. The monoisotopic (exact) mass is 335 g/mol. The van der Waals surface area contributed by atoms with E-state index >= 15 is 0 Å². The van der Waals surface area contributed by atoms with Crippen LogP contribution in [0.3, 0.4) is 0 Å². The van der Waals surface area contributed by atoms with Crippen molar-refractivity contribution >= 4 is 23.0 Å². The van der Waals surface area contributed by atoms with Crippen LogP contribution in [0, 0.1) is 26.0 Å². The summed E-state index contributed by atoms with van der Waals surface area (Å²) in [5.41, 5.74) is -1.39. The van der Waals surface area contributed by atoms with E-state index in [1.54, 1.807) is 0 Å². The van der Waals surface area contributed by atoms with Crippen LogP contribution in [0.5, 0.6) is 5.75 Å². The molecule has 0 unspecified atom stereocenters. The Morgan fingerprint density at radius 3 is 2.42 bits per heavy atom. The van der Waals surface area contributed by atoms with Crippen LogP contribution in [0.25, 0.3) is 0 Å². The molecular formula is C14H10FN3O6. The maximum Gasteiger partial charge on any atom is 0.311 e. The fraction of sp³-hybridized carbons (Fsp3) is 0.0714. The third-order valence-corrected chi connectivity index (χ3v) is 3.05. The first-order chi connectivity index (χ1) is 11.3. The second kappa shape index (κ2) is 6.69. The number of hydrogen-bond acceptors (Lipinski definition) is 6. The van der Waals surface area contributed by atoms with E-state index in [1.165, 1.54) is 19.2 Å². The quantitative estimate of drug-likeness (QED) is 0.661. The van der Waals surface area contributed by atoms with Crippen LogP contribution in [0.4, 0.5) is 21.5 Å². The third-order valence-electron chi connectivity index (χ3n) is 3.05. The summed E-state index contributed by atoms with van der Waals surface area (Å²) in [5, 5.41) is 23.8. The van der Waals surface area contributed by atoms with Gasteiger partial charge in [-0.2, -0.15) is 0 Å². The molecular weight excluding hydrogens is 325 g/mol. The van der Waals surface area contributed by atoms with Crippen LogP contribution in [0.1, 0.15) is 10.4 Å². The summed E-state index contributed by atoms with van der Waals surface area (Å²) in [4.78, 5) is 32.3. The lowest BCUT2D eigenvalue weighted by Gasteiger charge is -2.07. The van der Waals surface area contributed by atoms with Crippen LogP contribution in [0.15, 0.2) is 36.4 Å². The molecule has 0 aliphatic carbocycles. The molecule has 0 bridgehead atoms. The number of benzene rings is 2. The van der Waals surface area contributed by atoms with Crippen LogP contribution in [0.2, 0.25) is 0 Å². The van der Waals surface area contributed by atoms with Crippen LogP contribution in [-0.2, 0) is 0 Å². The number of methoxy groups -OCH3 is 1. The highest BCUT2D eigenvalue weighted by Crippen LogP contribution is 2.28. The van der Waals surface area contributed by atoms with Gasteiger partial charge in [0, 0.05) is 23.8 Å². The van der Waals surface area contributed by atoms with Gasteiger partial charge in [-0.1, -0.05) is 0 Å². The molecule has 0 aliphatic rings. The summed E-state index contributed by atoms with van der Waals surface area (Å²) in [6.45, 7) is 0. The zero-order chi connectivity index (χ0) is 17.9. The van der Waals surface area contributed by atoms with Gasteiger partial charge < -0.3 is 10.1 Å². The smallest absolute Gasteiger partial charge is 0.311 e. The Morgan fingerprint density at radius 1 is 1.12 bits per heavy atom. The minimum absolute atomic E-state index is 0.0434. The fourth-order valence-electron chi connectivity index (χ4n) is 1.89. The van der Waals surface area contributed by atoms with Crippen LogP contribution in [-0.4, -0.2) is 22.9 Å². The Balaban J connectivity index is 2.34. The number of nitrogens with one attached hydrogen (secondary N) is 1. The molecule has 124 valence electrons. The standard InChI is InChI=1S/C14H10FN3O6/c1-24-13-5-2-8(6-12(13)18(22)23)14(19)16-11-7-9(17(20)21)3-4-10(11)15/h2-7H,1H3,(H,16,19). The van der Waals surface area contributed by atoms with Crippen molar-refractivity contribution in [1.29, 1.82) is 0 Å². The number of nitro benzene ring substituents is 2. The van der Waals surface area contributed by atoms with Gasteiger partial charge in [-0.3, -0.25) is 25.0 Å². The van der Waals surface area contributed by atoms with Crippen molar-refractivity contribution in [3.05, 3.63) is 68.0 Å². The van der Waals surface area contributed by atoms with Crippen molar-refractivity contribution in [3.8, 4) is 5.75 Å². The van der Waals surface area contributed by atoms with E-state index in [0.717, 1.165) is 24.3 Å². The molecule has 0 radical (unpaired) electrons. The number of nitrogens with zero attached hydrogens (tertiary/aromatic N) is 2. The second-order valence-electron chi connectivity index (χ2n) is 4.52. The van der Waals surface area contributed by atoms with Crippen molar-refractivity contribution in [2.24, 2.45) is 0 Å². The van der Waals surface area contributed by atoms with E-state index in [9.17, 15) is 29.4 Å². The number of halogens is 1. The molecule has 0 heterocycles. The highest BCUT2D eigenvalue weighted by molar-refractivity contribution is 6.05. The predicted octanol–water partition coefficient (Wildman–Crippen LogP) is 2.90. The molecule has 0 aromatic heterocycles. The second-order valence-corrected chi connectivity index (χ2v) is 4.52. The topological polar surface area (TPSA) is 125 Å². The van der Waals surface area contributed by atoms with Gasteiger partial charge in [0.1, 0.15) is 5.82 Å². The molecule has 0 saturated heterocycles. The van der Waals surface area contributed by atoms with Gasteiger partial charge in [-0.25, -0.2) is 4.39 Å². The first-order valence-electron chi connectivity index (χ1n) is 6.41. The van der Waals surface area contributed by atoms with Gasteiger partial charge in [-0.15, -0.1) is 0 Å². The highest BCUT2D eigenvalue weighted by Gasteiger charge is 2.19. The molecule has 0 fully saturated rings.